The van der Waals surface area contributed by atoms with E-state index < -0.39 is 11.9 Å². The number of amides is 2. The van der Waals surface area contributed by atoms with Gasteiger partial charge in [0.15, 0.2) is 0 Å². The van der Waals surface area contributed by atoms with Gasteiger partial charge in [0.05, 0.1) is 6.54 Å². The second kappa shape index (κ2) is 5.89. The highest BCUT2D eigenvalue weighted by Crippen LogP contribution is 2.17. The monoisotopic (exact) mass is 281 g/mol. The fraction of sp³-hybridized carbons (Fsp3) is 0.667. The number of hydrogen-bond acceptors (Lipinski definition) is 4. The van der Waals surface area contributed by atoms with Crippen LogP contribution in [0.15, 0.2) is 11.1 Å². The van der Waals surface area contributed by atoms with Crippen LogP contribution in [0, 0.1) is 0 Å². The quantitative estimate of drug-likeness (QED) is 0.751. The van der Waals surface area contributed by atoms with E-state index in [9.17, 15) is 14.4 Å². The van der Waals surface area contributed by atoms with E-state index in [1.165, 1.54) is 20.5 Å². The Labute approximate surface area is 116 Å². The first-order valence-corrected chi connectivity index (χ1v) is 6.68. The molecule has 8 heteroatoms. The van der Waals surface area contributed by atoms with Crippen LogP contribution in [0.3, 0.4) is 0 Å². The number of piperidine rings is 1. The molecule has 2 N–H and O–H groups in total. The van der Waals surface area contributed by atoms with Crippen molar-refractivity contribution < 1.29 is 9.59 Å². The van der Waals surface area contributed by atoms with Gasteiger partial charge >= 0.3 is 5.69 Å². The predicted molar refractivity (Wildman–Crippen MR) is 70.6 cm³/mol. The number of hydrogen-bond donors (Lipinski definition) is 1. The number of nitrogens with zero attached hydrogens (tertiary/aromatic N) is 4. The number of carbonyl (C=O) groups is 2. The van der Waals surface area contributed by atoms with Crippen LogP contribution in [-0.2, 0) is 23.2 Å². The molecule has 0 radical (unpaired) electrons. The van der Waals surface area contributed by atoms with E-state index in [0.717, 1.165) is 12.8 Å². The average molecular weight is 281 g/mol. The Kier molecular flexibility index (Phi) is 4.21. The molecule has 1 unspecified atom stereocenters. The summed E-state index contributed by atoms with van der Waals surface area (Å²) in [5, 5.41) is 3.89. The molecular weight excluding hydrogens is 262 g/mol. The van der Waals surface area contributed by atoms with Crippen LogP contribution in [0.5, 0.6) is 0 Å². The highest BCUT2D eigenvalue weighted by atomic mass is 16.2. The number of primary amides is 1. The summed E-state index contributed by atoms with van der Waals surface area (Å²) in [5.41, 5.74) is 5.07. The molecule has 2 amide bonds. The second-order valence-corrected chi connectivity index (χ2v) is 5.00. The molecule has 1 aromatic rings. The van der Waals surface area contributed by atoms with Gasteiger partial charge in [0.25, 0.3) is 0 Å². The molecule has 0 bridgehead atoms. The van der Waals surface area contributed by atoms with E-state index in [4.69, 9.17) is 5.73 Å². The van der Waals surface area contributed by atoms with Gasteiger partial charge in [0.2, 0.25) is 11.8 Å². The van der Waals surface area contributed by atoms with Gasteiger partial charge in [-0.05, 0) is 19.3 Å². The van der Waals surface area contributed by atoms with E-state index in [0.29, 0.717) is 13.0 Å². The largest absolute Gasteiger partial charge is 0.368 e. The summed E-state index contributed by atoms with van der Waals surface area (Å²) in [7, 11) is 1.60. The van der Waals surface area contributed by atoms with Crippen molar-refractivity contribution in [3.63, 3.8) is 0 Å². The highest BCUT2D eigenvalue weighted by Gasteiger charge is 2.30. The lowest BCUT2D eigenvalue weighted by Crippen LogP contribution is -2.50. The number of likely N-dealkylation sites (tertiary alicyclic amines) is 1. The van der Waals surface area contributed by atoms with Crippen LogP contribution in [0.25, 0.3) is 0 Å². The normalized spacial score (nSPS) is 19.1. The Bertz CT molecular complexity index is 562. The molecule has 0 spiro atoms. The Morgan fingerprint density at radius 3 is 2.80 bits per heavy atom. The van der Waals surface area contributed by atoms with Crippen molar-refractivity contribution in [2.45, 2.75) is 38.3 Å². The minimum absolute atomic E-state index is 0.140. The Balaban J connectivity index is 1.98. The molecule has 8 nitrogen and oxygen atoms in total. The fourth-order valence-corrected chi connectivity index (χ4v) is 2.45. The number of aryl methyl sites for hydroxylation is 2. The van der Waals surface area contributed by atoms with E-state index in [1.807, 2.05) is 0 Å². The lowest BCUT2D eigenvalue weighted by atomic mass is 10.0. The van der Waals surface area contributed by atoms with Gasteiger partial charge < -0.3 is 10.6 Å². The smallest absolute Gasteiger partial charge is 0.345 e. The predicted octanol–water partition coefficient (Wildman–Crippen LogP) is -1.16. The molecular formula is C12H19N5O3. The third kappa shape index (κ3) is 2.89. The van der Waals surface area contributed by atoms with Crippen LogP contribution >= 0.6 is 0 Å². The van der Waals surface area contributed by atoms with Crippen LogP contribution in [0.1, 0.15) is 25.7 Å². The number of carbonyl (C=O) groups excluding carboxylic acids is 2. The Morgan fingerprint density at radius 2 is 2.20 bits per heavy atom. The fourth-order valence-electron chi connectivity index (χ4n) is 2.45. The van der Waals surface area contributed by atoms with Crippen LogP contribution in [0.4, 0.5) is 0 Å². The van der Waals surface area contributed by atoms with Crippen molar-refractivity contribution in [3.8, 4) is 0 Å². The topological polar surface area (TPSA) is 103 Å². The van der Waals surface area contributed by atoms with Gasteiger partial charge in [-0.1, -0.05) is 0 Å². The molecule has 20 heavy (non-hydrogen) atoms. The van der Waals surface area contributed by atoms with Crippen molar-refractivity contribution >= 4 is 11.8 Å². The molecule has 0 aliphatic carbocycles. The summed E-state index contributed by atoms with van der Waals surface area (Å²) in [5.74, 6) is -0.626. The first kappa shape index (κ1) is 14.3. The summed E-state index contributed by atoms with van der Waals surface area (Å²) in [6, 6.07) is -0.517. The molecule has 1 aliphatic rings. The third-order valence-corrected chi connectivity index (χ3v) is 3.58. The summed E-state index contributed by atoms with van der Waals surface area (Å²) < 4.78 is 2.58. The van der Waals surface area contributed by atoms with Crippen molar-refractivity contribution in [2.24, 2.45) is 12.8 Å². The maximum absolute atomic E-state index is 12.2. The van der Waals surface area contributed by atoms with Crippen molar-refractivity contribution in [2.75, 3.05) is 6.54 Å². The minimum atomic E-state index is -0.517. The molecule has 1 fully saturated rings. The van der Waals surface area contributed by atoms with Gasteiger partial charge in [0, 0.05) is 20.0 Å². The summed E-state index contributed by atoms with van der Waals surface area (Å²) in [4.78, 5) is 36.7. The molecule has 2 rings (SSSR count). The molecule has 1 atom stereocenters. The number of rotatable bonds is 4. The summed E-state index contributed by atoms with van der Waals surface area (Å²) in [6.45, 7) is 0.754. The van der Waals surface area contributed by atoms with E-state index >= 15 is 0 Å². The number of aromatic nitrogens is 3. The molecule has 0 aromatic carbocycles. The third-order valence-electron chi connectivity index (χ3n) is 3.58. The van der Waals surface area contributed by atoms with Gasteiger partial charge in [-0.3, -0.25) is 14.2 Å². The standard InChI is InChI=1S/C12H19N5O3/c1-15-8-14-17(12(15)20)7-5-10(18)16-6-3-2-4-9(16)11(13)19/h8-9H,2-7H2,1H3,(H2,13,19). The zero-order valence-corrected chi connectivity index (χ0v) is 11.5. The second-order valence-electron chi connectivity index (χ2n) is 5.00. The lowest BCUT2D eigenvalue weighted by molar-refractivity contribution is -0.141. The summed E-state index contributed by atoms with van der Waals surface area (Å²) >= 11 is 0. The molecule has 2 heterocycles. The summed E-state index contributed by atoms with van der Waals surface area (Å²) in [6.07, 6.45) is 3.93. The van der Waals surface area contributed by atoms with Crippen LogP contribution < -0.4 is 11.4 Å². The van der Waals surface area contributed by atoms with E-state index in [1.54, 1.807) is 7.05 Å². The Morgan fingerprint density at radius 1 is 1.45 bits per heavy atom. The highest BCUT2D eigenvalue weighted by molar-refractivity contribution is 5.86. The van der Waals surface area contributed by atoms with Gasteiger partial charge in [-0.25, -0.2) is 9.48 Å². The maximum atomic E-state index is 12.2. The average Bonchev–Trinajstić information content (AvgIpc) is 2.76. The van der Waals surface area contributed by atoms with Gasteiger partial charge in [-0.15, -0.1) is 0 Å². The molecule has 110 valence electrons. The maximum Gasteiger partial charge on any atom is 0.345 e. The van der Waals surface area contributed by atoms with Crippen LogP contribution in [-0.4, -0.2) is 43.6 Å². The Hall–Kier alpha value is -2.12. The zero-order valence-electron chi connectivity index (χ0n) is 11.5. The van der Waals surface area contributed by atoms with Crippen molar-refractivity contribution in [1.82, 2.24) is 19.2 Å². The van der Waals surface area contributed by atoms with Crippen molar-refractivity contribution in [3.05, 3.63) is 16.8 Å². The lowest BCUT2D eigenvalue weighted by Gasteiger charge is -2.33. The van der Waals surface area contributed by atoms with Crippen molar-refractivity contribution in [1.29, 1.82) is 0 Å². The van der Waals surface area contributed by atoms with E-state index in [-0.39, 0.29) is 24.6 Å². The number of nitrogens with two attached hydrogens (primary N) is 1. The van der Waals surface area contributed by atoms with E-state index in [2.05, 4.69) is 5.10 Å². The molecule has 0 saturated carbocycles. The van der Waals surface area contributed by atoms with Gasteiger partial charge in [0.1, 0.15) is 12.4 Å². The molecule has 1 aromatic heterocycles. The first-order valence-electron chi connectivity index (χ1n) is 6.68. The van der Waals surface area contributed by atoms with Crippen LogP contribution in [0.2, 0.25) is 0 Å². The minimum Gasteiger partial charge on any atom is -0.368 e. The van der Waals surface area contributed by atoms with Gasteiger partial charge in [-0.2, -0.15) is 5.10 Å². The molecule has 1 aliphatic heterocycles. The first-order chi connectivity index (χ1) is 9.50. The molecule has 1 saturated heterocycles. The SMILES string of the molecule is Cn1cnn(CCC(=O)N2CCCCC2C(N)=O)c1=O. The zero-order chi connectivity index (χ0) is 14.7.